The van der Waals surface area contributed by atoms with Crippen LogP contribution in [0.1, 0.15) is 38.5 Å². The van der Waals surface area contributed by atoms with E-state index < -0.39 is 0 Å². The minimum Gasteiger partial charge on any atom is -0.380 e. The average Bonchev–Trinajstić information content (AvgIpc) is 3.36. The predicted molar refractivity (Wildman–Crippen MR) is 87.8 cm³/mol. The first-order valence-electron chi connectivity index (χ1n) is 9.06. The number of aldehydes is 1. The predicted octanol–water partition coefficient (Wildman–Crippen LogP) is 2.28. The van der Waals surface area contributed by atoms with Crippen LogP contribution < -0.4 is 0 Å². The molecule has 134 valence electrons. The van der Waals surface area contributed by atoms with E-state index in [0.29, 0.717) is 30.7 Å². The molecule has 0 N–H and O–H groups in total. The fourth-order valence-electron chi connectivity index (χ4n) is 6.07. The number of carbonyl (C=O) groups excluding carboxylic acids is 1. The molecule has 0 radical (unpaired) electrons. The van der Waals surface area contributed by atoms with E-state index in [0.717, 1.165) is 50.4 Å². The van der Waals surface area contributed by atoms with Crippen LogP contribution in [0.25, 0.3) is 0 Å². The number of methoxy groups -OCH3 is 3. The highest BCUT2D eigenvalue weighted by Gasteiger charge is 2.69. The molecule has 0 spiro atoms. The summed E-state index contributed by atoms with van der Waals surface area (Å²) in [7, 11) is 5.35. The van der Waals surface area contributed by atoms with Crippen LogP contribution in [0.2, 0.25) is 0 Å². The molecule has 0 aromatic carbocycles. The maximum absolute atomic E-state index is 11.5. The van der Waals surface area contributed by atoms with Crippen LogP contribution in [-0.4, -0.2) is 57.6 Å². The highest BCUT2D eigenvalue weighted by Crippen LogP contribution is 2.62. The normalized spacial score (nSPS) is 46.8. The molecule has 0 bridgehead atoms. The molecule has 5 heteroatoms. The van der Waals surface area contributed by atoms with Crippen molar-refractivity contribution in [2.24, 2.45) is 11.8 Å². The summed E-state index contributed by atoms with van der Waals surface area (Å²) >= 11 is 0. The summed E-state index contributed by atoms with van der Waals surface area (Å²) in [4.78, 5) is 11.5. The molecule has 1 saturated heterocycles. The number of epoxide rings is 1. The van der Waals surface area contributed by atoms with E-state index in [2.05, 4.69) is 0 Å². The second kappa shape index (κ2) is 5.90. The lowest BCUT2D eigenvalue weighted by Gasteiger charge is -2.61. The van der Waals surface area contributed by atoms with Gasteiger partial charge in [0, 0.05) is 34.2 Å². The van der Waals surface area contributed by atoms with Crippen molar-refractivity contribution in [2.45, 2.75) is 61.9 Å². The minimum absolute atomic E-state index is 0.266. The van der Waals surface area contributed by atoms with Crippen molar-refractivity contribution in [1.29, 1.82) is 0 Å². The Bertz CT molecular complexity index is 558. The summed E-state index contributed by atoms with van der Waals surface area (Å²) in [6.07, 6.45) is 7.27. The minimum atomic E-state index is -0.324. The molecule has 0 aromatic heterocycles. The standard InChI is InChI=1S/C19H28O5/c1-21-11-14-12(10-20)4-5-15-13(14)6-7-18(22-2)8-16-17(24-16)9-19(15,18)23-3/h10,13,15-17H,4-9,11H2,1-3H3/t13?,15?,16?,17?,18-,19-/m1/s1. The van der Waals surface area contributed by atoms with Gasteiger partial charge in [-0.1, -0.05) is 0 Å². The van der Waals surface area contributed by atoms with Crippen molar-refractivity contribution in [3.8, 4) is 0 Å². The second-order valence-electron chi connectivity index (χ2n) is 7.80. The molecule has 2 saturated carbocycles. The van der Waals surface area contributed by atoms with Gasteiger partial charge in [0.25, 0.3) is 0 Å². The zero-order valence-corrected chi connectivity index (χ0v) is 14.9. The average molecular weight is 336 g/mol. The van der Waals surface area contributed by atoms with E-state index in [1.165, 1.54) is 5.57 Å². The molecular weight excluding hydrogens is 308 g/mol. The summed E-state index contributed by atoms with van der Waals surface area (Å²) < 4.78 is 23.7. The van der Waals surface area contributed by atoms with E-state index in [4.69, 9.17) is 18.9 Å². The molecular formula is C19H28O5. The van der Waals surface area contributed by atoms with Crippen molar-refractivity contribution < 1.29 is 23.7 Å². The zero-order valence-electron chi connectivity index (χ0n) is 14.9. The third kappa shape index (κ3) is 2.11. The third-order valence-electron chi connectivity index (χ3n) is 7.22. The molecule has 24 heavy (non-hydrogen) atoms. The molecule has 1 heterocycles. The van der Waals surface area contributed by atoms with Crippen LogP contribution in [0.3, 0.4) is 0 Å². The van der Waals surface area contributed by atoms with Gasteiger partial charge in [0.15, 0.2) is 0 Å². The SMILES string of the molecule is COCC1=C(C=O)CCC2C1CC[C@@]1(OC)CC3OC3C[C@@]21OC. The molecule has 5 nitrogen and oxygen atoms in total. The van der Waals surface area contributed by atoms with E-state index in [-0.39, 0.29) is 11.2 Å². The summed E-state index contributed by atoms with van der Waals surface area (Å²) in [6.45, 7) is 0.539. The Labute approximate surface area is 143 Å². The fourth-order valence-corrected chi connectivity index (χ4v) is 6.07. The topological polar surface area (TPSA) is 57.3 Å². The van der Waals surface area contributed by atoms with Gasteiger partial charge in [-0.15, -0.1) is 0 Å². The first-order valence-corrected chi connectivity index (χ1v) is 9.06. The number of fused-ring (bicyclic) bond motifs is 4. The van der Waals surface area contributed by atoms with Gasteiger partial charge >= 0.3 is 0 Å². The lowest BCUT2D eigenvalue weighted by Crippen LogP contribution is -2.68. The van der Waals surface area contributed by atoms with E-state index >= 15 is 0 Å². The largest absolute Gasteiger partial charge is 0.380 e. The van der Waals surface area contributed by atoms with Gasteiger partial charge in [-0.3, -0.25) is 4.79 Å². The smallest absolute Gasteiger partial charge is 0.146 e. The van der Waals surface area contributed by atoms with Crippen LogP contribution in [0.5, 0.6) is 0 Å². The molecule has 3 fully saturated rings. The Morgan fingerprint density at radius 2 is 1.96 bits per heavy atom. The van der Waals surface area contributed by atoms with Gasteiger partial charge in [-0.2, -0.15) is 0 Å². The Morgan fingerprint density at radius 3 is 2.62 bits per heavy atom. The molecule has 0 amide bonds. The van der Waals surface area contributed by atoms with Gasteiger partial charge in [0.1, 0.15) is 11.9 Å². The van der Waals surface area contributed by atoms with Gasteiger partial charge in [0.05, 0.1) is 24.4 Å². The number of ether oxygens (including phenoxy) is 4. The van der Waals surface area contributed by atoms with E-state index in [1.54, 1.807) is 7.11 Å². The van der Waals surface area contributed by atoms with Gasteiger partial charge < -0.3 is 18.9 Å². The Morgan fingerprint density at radius 1 is 1.17 bits per heavy atom. The summed E-state index contributed by atoms with van der Waals surface area (Å²) in [5.41, 5.74) is 1.53. The highest BCUT2D eigenvalue weighted by molar-refractivity contribution is 5.75. The van der Waals surface area contributed by atoms with Gasteiger partial charge in [-0.25, -0.2) is 0 Å². The van der Waals surface area contributed by atoms with Crippen molar-refractivity contribution in [3.05, 3.63) is 11.1 Å². The Hall–Kier alpha value is -0.750. The highest BCUT2D eigenvalue weighted by atomic mass is 16.6. The summed E-state index contributed by atoms with van der Waals surface area (Å²) in [5.74, 6) is 0.702. The van der Waals surface area contributed by atoms with Crippen molar-refractivity contribution in [2.75, 3.05) is 27.9 Å². The molecule has 0 aromatic rings. The first-order chi connectivity index (χ1) is 11.6. The number of carbonyl (C=O) groups is 1. The maximum Gasteiger partial charge on any atom is 0.146 e. The van der Waals surface area contributed by atoms with Crippen molar-refractivity contribution in [3.63, 3.8) is 0 Å². The van der Waals surface area contributed by atoms with Crippen LogP contribution in [0.4, 0.5) is 0 Å². The second-order valence-corrected chi connectivity index (χ2v) is 7.80. The monoisotopic (exact) mass is 336 g/mol. The van der Waals surface area contributed by atoms with E-state index in [1.807, 2.05) is 14.2 Å². The zero-order chi connectivity index (χ0) is 16.9. The Kier molecular flexibility index (Phi) is 4.11. The molecule has 4 aliphatic rings. The van der Waals surface area contributed by atoms with Gasteiger partial charge in [-0.05, 0) is 48.7 Å². The van der Waals surface area contributed by atoms with Crippen LogP contribution in [0, 0.1) is 11.8 Å². The quantitative estimate of drug-likeness (QED) is 0.569. The first kappa shape index (κ1) is 16.7. The fraction of sp³-hybridized carbons (Fsp3) is 0.842. The molecule has 6 atom stereocenters. The molecule has 4 rings (SSSR count). The van der Waals surface area contributed by atoms with Gasteiger partial charge in [0.2, 0.25) is 0 Å². The van der Waals surface area contributed by atoms with Crippen molar-refractivity contribution in [1.82, 2.24) is 0 Å². The van der Waals surface area contributed by atoms with Crippen LogP contribution in [-0.2, 0) is 23.7 Å². The number of allylic oxidation sites excluding steroid dienone is 1. The van der Waals surface area contributed by atoms with E-state index in [9.17, 15) is 4.79 Å². The lowest BCUT2D eigenvalue weighted by molar-refractivity contribution is -0.254. The Balaban J connectivity index is 1.75. The molecule has 3 aliphatic carbocycles. The number of hydrogen-bond donors (Lipinski definition) is 0. The molecule has 1 aliphatic heterocycles. The van der Waals surface area contributed by atoms with Crippen molar-refractivity contribution >= 4 is 6.29 Å². The lowest BCUT2D eigenvalue weighted by atomic mass is 9.52. The van der Waals surface area contributed by atoms with Crippen LogP contribution in [0.15, 0.2) is 11.1 Å². The summed E-state index contributed by atoms with van der Waals surface area (Å²) in [5, 5.41) is 0. The summed E-state index contributed by atoms with van der Waals surface area (Å²) in [6, 6.07) is 0. The maximum atomic E-state index is 11.5. The number of hydrogen-bond acceptors (Lipinski definition) is 5. The molecule has 4 unspecified atom stereocenters. The third-order valence-corrected chi connectivity index (χ3v) is 7.22. The van der Waals surface area contributed by atoms with Crippen LogP contribution >= 0.6 is 0 Å². The number of rotatable bonds is 5.